The first-order chi connectivity index (χ1) is 20.7. The van der Waals surface area contributed by atoms with Gasteiger partial charge in [0.05, 0.1) is 0 Å². The Hall–Kier alpha value is -2.75. The van der Waals surface area contributed by atoms with Crippen LogP contribution in [-0.2, 0) is 12.8 Å². The molecule has 0 saturated carbocycles. The van der Waals surface area contributed by atoms with E-state index in [1.165, 1.54) is 109 Å². The van der Waals surface area contributed by atoms with Crippen molar-refractivity contribution in [2.24, 2.45) is 0 Å². The molecule has 0 amide bonds. The standard InChI is InChI=1S/C39H46OS2/c1-3-5-7-9-11-13-18-29-24-26-41-36(29)28-35(39-30(25-27-42-39)19-14-12-10-8-6-4-2)32-22-17-23-34-37(32)31-20-15-16-21-33(31)38(34)40/h15-17,20-28H,3-14,18-19H2,1-2H3/b35-28+. The number of fused-ring (bicyclic) bond motifs is 3. The smallest absolute Gasteiger partial charge is 0.194 e. The molecule has 4 aromatic rings. The van der Waals surface area contributed by atoms with Crippen molar-refractivity contribution in [1.82, 2.24) is 0 Å². The molecule has 0 saturated heterocycles. The van der Waals surface area contributed by atoms with Gasteiger partial charge in [0.25, 0.3) is 0 Å². The second-order valence-electron chi connectivity index (χ2n) is 11.8. The van der Waals surface area contributed by atoms with Crippen LogP contribution in [0.25, 0.3) is 22.8 Å². The molecule has 3 heteroatoms. The fourth-order valence-electron chi connectivity index (χ4n) is 6.34. The number of hydrogen-bond acceptors (Lipinski definition) is 3. The fourth-order valence-corrected chi connectivity index (χ4v) is 8.21. The van der Waals surface area contributed by atoms with Crippen LogP contribution in [0.3, 0.4) is 0 Å². The number of thiophene rings is 2. The predicted molar refractivity (Wildman–Crippen MR) is 185 cm³/mol. The minimum atomic E-state index is 0.153. The average molecular weight is 595 g/mol. The van der Waals surface area contributed by atoms with Gasteiger partial charge >= 0.3 is 0 Å². The lowest BCUT2D eigenvalue weighted by Crippen LogP contribution is -1.97. The van der Waals surface area contributed by atoms with E-state index in [1.807, 2.05) is 40.9 Å². The van der Waals surface area contributed by atoms with Gasteiger partial charge in [0, 0.05) is 32.0 Å². The van der Waals surface area contributed by atoms with E-state index >= 15 is 0 Å². The molecule has 0 bridgehead atoms. The summed E-state index contributed by atoms with van der Waals surface area (Å²) < 4.78 is 0. The van der Waals surface area contributed by atoms with Crippen molar-refractivity contribution >= 4 is 40.1 Å². The normalized spacial score (nSPS) is 12.6. The molecule has 0 spiro atoms. The molecule has 42 heavy (non-hydrogen) atoms. The van der Waals surface area contributed by atoms with Crippen molar-refractivity contribution in [1.29, 1.82) is 0 Å². The van der Waals surface area contributed by atoms with E-state index in [9.17, 15) is 4.79 Å². The molecule has 0 unspecified atom stereocenters. The molecule has 2 aromatic heterocycles. The van der Waals surface area contributed by atoms with Crippen LogP contribution in [0.1, 0.15) is 133 Å². The highest BCUT2D eigenvalue weighted by Crippen LogP contribution is 2.45. The van der Waals surface area contributed by atoms with Gasteiger partial charge < -0.3 is 0 Å². The van der Waals surface area contributed by atoms with E-state index in [0.717, 1.165) is 35.1 Å². The summed E-state index contributed by atoms with van der Waals surface area (Å²) in [5.41, 5.74) is 9.24. The summed E-state index contributed by atoms with van der Waals surface area (Å²) in [5.74, 6) is 0.153. The van der Waals surface area contributed by atoms with Gasteiger partial charge in [-0.05, 0) is 76.9 Å². The molecule has 1 nitrogen and oxygen atoms in total. The predicted octanol–water partition coefficient (Wildman–Crippen LogP) is 12.4. The summed E-state index contributed by atoms with van der Waals surface area (Å²) in [7, 11) is 0. The molecule has 0 atom stereocenters. The third-order valence-corrected chi connectivity index (χ3v) is 10.6. The van der Waals surface area contributed by atoms with Gasteiger partial charge in [-0.25, -0.2) is 0 Å². The number of ketones is 1. The zero-order valence-electron chi connectivity index (χ0n) is 25.6. The molecule has 0 N–H and O–H groups in total. The summed E-state index contributed by atoms with van der Waals surface area (Å²) in [6.45, 7) is 4.56. The van der Waals surface area contributed by atoms with Crippen LogP contribution in [0.15, 0.2) is 65.4 Å². The van der Waals surface area contributed by atoms with Gasteiger partial charge in [-0.2, -0.15) is 0 Å². The summed E-state index contributed by atoms with van der Waals surface area (Å²) >= 11 is 3.72. The lowest BCUT2D eigenvalue weighted by atomic mass is 9.90. The third kappa shape index (κ3) is 7.24. The Morgan fingerprint density at radius 1 is 0.619 bits per heavy atom. The maximum atomic E-state index is 13.4. The Morgan fingerprint density at radius 2 is 1.21 bits per heavy atom. The van der Waals surface area contributed by atoms with Gasteiger partial charge in [0.1, 0.15) is 0 Å². The van der Waals surface area contributed by atoms with E-state index in [2.05, 4.69) is 67.1 Å². The van der Waals surface area contributed by atoms with Crippen LogP contribution >= 0.6 is 22.7 Å². The molecular weight excluding hydrogens is 549 g/mol. The van der Waals surface area contributed by atoms with Gasteiger partial charge in [0.2, 0.25) is 0 Å². The highest BCUT2D eigenvalue weighted by Gasteiger charge is 2.30. The monoisotopic (exact) mass is 594 g/mol. The van der Waals surface area contributed by atoms with E-state index in [0.29, 0.717) is 0 Å². The SMILES string of the molecule is CCCCCCCCc1ccsc1/C=C(\c1cccc2c1-c1ccccc1C2=O)c1sccc1CCCCCCCC. The Balaban J connectivity index is 1.49. The van der Waals surface area contributed by atoms with E-state index in [1.54, 1.807) is 0 Å². The first-order valence-corrected chi connectivity index (χ1v) is 18.1. The third-order valence-electron chi connectivity index (χ3n) is 8.69. The second-order valence-corrected chi connectivity index (χ2v) is 13.6. The van der Waals surface area contributed by atoms with E-state index < -0.39 is 0 Å². The number of carbonyl (C=O) groups is 1. The van der Waals surface area contributed by atoms with Gasteiger partial charge in [-0.15, -0.1) is 22.7 Å². The Labute approximate surface area is 261 Å². The van der Waals surface area contributed by atoms with Crippen molar-refractivity contribution in [3.05, 3.63) is 103 Å². The number of aryl methyl sites for hydroxylation is 2. The Bertz CT molecular complexity index is 1480. The minimum absolute atomic E-state index is 0.153. The maximum Gasteiger partial charge on any atom is 0.194 e. The first kappa shape index (κ1) is 30.7. The van der Waals surface area contributed by atoms with Crippen molar-refractivity contribution < 1.29 is 4.79 Å². The number of benzene rings is 2. The molecule has 220 valence electrons. The molecule has 2 aromatic carbocycles. The zero-order valence-corrected chi connectivity index (χ0v) is 27.2. The summed E-state index contributed by atoms with van der Waals surface area (Å²) in [6.07, 6.45) is 20.5. The fraction of sp³-hybridized carbons (Fsp3) is 0.410. The molecule has 2 heterocycles. The highest BCUT2D eigenvalue weighted by atomic mass is 32.1. The van der Waals surface area contributed by atoms with Gasteiger partial charge in [-0.1, -0.05) is 121 Å². The second kappa shape index (κ2) is 15.6. The number of unbranched alkanes of at least 4 members (excludes halogenated alkanes) is 10. The maximum absolute atomic E-state index is 13.4. The van der Waals surface area contributed by atoms with Crippen LogP contribution in [0, 0.1) is 0 Å². The quantitative estimate of drug-likeness (QED) is 0.0979. The average Bonchev–Trinajstić information content (AvgIpc) is 3.74. The lowest BCUT2D eigenvalue weighted by Gasteiger charge is -2.15. The van der Waals surface area contributed by atoms with E-state index in [4.69, 9.17) is 0 Å². The Kier molecular flexibility index (Phi) is 11.4. The van der Waals surface area contributed by atoms with Crippen LogP contribution in [0.5, 0.6) is 0 Å². The van der Waals surface area contributed by atoms with Crippen LogP contribution in [0.2, 0.25) is 0 Å². The van der Waals surface area contributed by atoms with E-state index in [-0.39, 0.29) is 5.78 Å². The van der Waals surface area contributed by atoms with Crippen LogP contribution < -0.4 is 0 Å². The lowest BCUT2D eigenvalue weighted by molar-refractivity contribution is 0.104. The molecule has 5 rings (SSSR count). The molecule has 0 fully saturated rings. The zero-order chi connectivity index (χ0) is 29.1. The number of rotatable bonds is 17. The molecule has 1 aliphatic rings. The molecule has 1 aliphatic carbocycles. The van der Waals surface area contributed by atoms with Crippen LogP contribution in [-0.4, -0.2) is 5.78 Å². The van der Waals surface area contributed by atoms with Crippen molar-refractivity contribution in [2.45, 2.75) is 104 Å². The highest BCUT2D eigenvalue weighted by molar-refractivity contribution is 7.12. The summed E-state index contributed by atoms with van der Waals surface area (Å²) in [6, 6.07) is 19.2. The van der Waals surface area contributed by atoms with Gasteiger partial charge in [-0.3, -0.25) is 4.79 Å². The topological polar surface area (TPSA) is 17.1 Å². The van der Waals surface area contributed by atoms with Crippen molar-refractivity contribution in [2.75, 3.05) is 0 Å². The summed E-state index contributed by atoms with van der Waals surface area (Å²) in [4.78, 5) is 16.2. The van der Waals surface area contributed by atoms with Crippen LogP contribution in [0.4, 0.5) is 0 Å². The molecule has 0 aliphatic heterocycles. The molecular formula is C39H46OS2. The number of carbonyl (C=O) groups excluding carboxylic acids is 1. The largest absolute Gasteiger partial charge is 0.289 e. The Morgan fingerprint density at radius 3 is 1.95 bits per heavy atom. The van der Waals surface area contributed by atoms with Crippen molar-refractivity contribution in [3.8, 4) is 11.1 Å². The minimum Gasteiger partial charge on any atom is -0.289 e. The van der Waals surface area contributed by atoms with Crippen molar-refractivity contribution in [3.63, 3.8) is 0 Å². The molecule has 0 radical (unpaired) electrons. The number of hydrogen-bond donors (Lipinski definition) is 0. The first-order valence-electron chi connectivity index (χ1n) is 16.3. The summed E-state index contributed by atoms with van der Waals surface area (Å²) in [5, 5.41) is 4.53. The van der Waals surface area contributed by atoms with Gasteiger partial charge in [0.15, 0.2) is 5.78 Å².